The van der Waals surface area contributed by atoms with Crippen molar-refractivity contribution in [3.63, 3.8) is 0 Å². The molecule has 2 rings (SSSR count). The molecule has 130 valence electrons. The van der Waals surface area contributed by atoms with E-state index in [1.54, 1.807) is 31.4 Å². The van der Waals surface area contributed by atoms with E-state index in [0.717, 1.165) is 0 Å². The summed E-state index contributed by atoms with van der Waals surface area (Å²) in [6.45, 7) is 1.50. The molecule has 0 aliphatic rings. The summed E-state index contributed by atoms with van der Waals surface area (Å²) in [7, 11) is 0. The summed E-state index contributed by atoms with van der Waals surface area (Å²) in [5.74, 6) is -0.743. The van der Waals surface area contributed by atoms with E-state index in [2.05, 4.69) is 9.97 Å². The highest BCUT2D eigenvalue weighted by atomic mass is 32.2. The molecule has 0 aliphatic carbocycles. The second-order valence-electron chi connectivity index (χ2n) is 4.66. The Balaban J connectivity index is 2.72. The predicted octanol–water partition coefficient (Wildman–Crippen LogP) is 1.89. The van der Waals surface area contributed by atoms with Crippen molar-refractivity contribution >= 4 is 17.7 Å². The molecule has 0 aliphatic heterocycles. The number of rotatable bonds is 7. The summed E-state index contributed by atoms with van der Waals surface area (Å²) in [5.41, 5.74) is -0.350. The zero-order valence-electron chi connectivity index (χ0n) is 13.5. The number of thioether (sulfide) groups is 1. The zero-order chi connectivity index (χ0) is 18.4. The van der Waals surface area contributed by atoms with Crippen molar-refractivity contribution in [3.8, 4) is 28.8 Å². The number of nitrogens with one attached hydrogen (secondary N) is 1. The van der Waals surface area contributed by atoms with Crippen molar-refractivity contribution in [3.05, 3.63) is 34.1 Å². The minimum absolute atomic E-state index is 0.109. The van der Waals surface area contributed by atoms with Crippen molar-refractivity contribution in [2.45, 2.75) is 12.1 Å². The number of benzene rings is 1. The maximum atomic E-state index is 12.1. The van der Waals surface area contributed by atoms with E-state index in [1.165, 1.54) is 11.8 Å². The summed E-state index contributed by atoms with van der Waals surface area (Å²) >= 11 is 1.21. The largest absolute Gasteiger partial charge is 0.490 e. The number of H-pyrrole nitrogens is 1. The van der Waals surface area contributed by atoms with E-state index < -0.39 is 18.1 Å². The van der Waals surface area contributed by atoms with Gasteiger partial charge in [0.25, 0.3) is 5.56 Å². The number of carbonyl (C=O) groups is 1. The smallest absolute Gasteiger partial charge is 0.341 e. The number of aromatic amines is 1. The average molecular weight is 361 g/mol. The summed E-state index contributed by atoms with van der Waals surface area (Å²) < 4.78 is 10.8. The molecule has 0 amide bonds. The van der Waals surface area contributed by atoms with Gasteiger partial charge in [-0.2, -0.15) is 5.26 Å². The maximum absolute atomic E-state index is 12.1. The van der Waals surface area contributed by atoms with Crippen LogP contribution in [-0.4, -0.2) is 40.5 Å². The average Bonchev–Trinajstić information content (AvgIpc) is 2.59. The van der Waals surface area contributed by atoms with Crippen molar-refractivity contribution < 1.29 is 19.4 Å². The quantitative estimate of drug-likeness (QED) is 0.566. The lowest BCUT2D eigenvalue weighted by Crippen LogP contribution is -2.16. The number of hydrogen-bond donors (Lipinski definition) is 2. The van der Waals surface area contributed by atoms with E-state index in [0.29, 0.717) is 23.1 Å². The van der Waals surface area contributed by atoms with E-state index >= 15 is 0 Å². The molecule has 1 aromatic carbocycles. The topological polar surface area (TPSA) is 125 Å². The lowest BCUT2D eigenvalue weighted by molar-refractivity contribution is -0.139. The number of nitrogens with zero attached hydrogens (tertiary/aromatic N) is 2. The summed E-state index contributed by atoms with van der Waals surface area (Å²) in [4.78, 5) is 29.8. The molecule has 0 unspecified atom stereocenters. The molecular formula is C16H15N3O5S. The molecule has 2 N–H and O–H groups in total. The van der Waals surface area contributed by atoms with Gasteiger partial charge in [0.1, 0.15) is 17.3 Å². The van der Waals surface area contributed by atoms with Crippen LogP contribution in [-0.2, 0) is 4.79 Å². The number of carboxylic acids is 1. The third kappa shape index (κ3) is 4.10. The van der Waals surface area contributed by atoms with E-state index in [1.807, 2.05) is 6.07 Å². The summed E-state index contributed by atoms with van der Waals surface area (Å²) in [6, 6.07) is 6.68. The van der Waals surface area contributed by atoms with Crippen LogP contribution < -0.4 is 15.0 Å². The van der Waals surface area contributed by atoms with E-state index in [9.17, 15) is 14.9 Å². The fourth-order valence-electron chi connectivity index (χ4n) is 2.10. The second kappa shape index (κ2) is 8.21. The molecule has 1 aromatic heterocycles. The van der Waals surface area contributed by atoms with Gasteiger partial charge in [-0.3, -0.25) is 4.79 Å². The number of nitriles is 1. The number of aromatic nitrogens is 2. The third-order valence-electron chi connectivity index (χ3n) is 3.08. The fraction of sp³-hybridized carbons (Fsp3) is 0.250. The molecule has 8 nitrogen and oxygen atoms in total. The highest BCUT2D eigenvalue weighted by Gasteiger charge is 2.20. The van der Waals surface area contributed by atoms with Gasteiger partial charge >= 0.3 is 5.97 Å². The van der Waals surface area contributed by atoms with Crippen molar-refractivity contribution in [2.75, 3.05) is 19.5 Å². The molecular weight excluding hydrogens is 346 g/mol. The van der Waals surface area contributed by atoms with Crippen LogP contribution >= 0.6 is 11.8 Å². The Kier molecular flexibility index (Phi) is 6.03. The first-order valence-electron chi connectivity index (χ1n) is 7.21. The number of para-hydroxylation sites is 1. The highest BCUT2D eigenvalue weighted by molar-refractivity contribution is 7.98. The normalized spacial score (nSPS) is 10.1. The van der Waals surface area contributed by atoms with E-state index in [4.69, 9.17) is 14.6 Å². The van der Waals surface area contributed by atoms with Crippen LogP contribution in [0.25, 0.3) is 11.3 Å². The first-order valence-corrected chi connectivity index (χ1v) is 8.43. The lowest BCUT2D eigenvalue weighted by atomic mass is 10.1. The molecule has 0 bridgehead atoms. The first kappa shape index (κ1) is 18.4. The second-order valence-corrected chi connectivity index (χ2v) is 5.45. The van der Waals surface area contributed by atoms with Crippen LogP contribution in [0.5, 0.6) is 11.5 Å². The molecule has 2 aromatic rings. The van der Waals surface area contributed by atoms with Crippen LogP contribution in [0.15, 0.2) is 28.2 Å². The van der Waals surface area contributed by atoms with E-state index in [-0.39, 0.29) is 17.0 Å². The minimum Gasteiger partial charge on any atom is -0.490 e. The van der Waals surface area contributed by atoms with Gasteiger partial charge in [-0.05, 0) is 25.3 Å². The summed E-state index contributed by atoms with van der Waals surface area (Å²) in [6.07, 6.45) is 1.73. The Hall–Kier alpha value is -2.99. The summed E-state index contributed by atoms with van der Waals surface area (Å²) in [5, 5.41) is 18.5. The van der Waals surface area contributed by atoms with Crippen LogP contribution in [0.1, 0.15) is 12.5 Å². The first-order chi connectivity index (χ1) is 12.0. The predicted molar refractivity (Wildman–Crippen MR) is 91.1 cm³/mol. The van der Waals surface area contributed by atoms with Crippen LogP contribution in [0.4, 0.5) is 0 Å². The van der Waals surface area contributed by atoms with Gasteiger partial charge < -0.3 is 19.6 Å². The van der Waals surface area contributed by atoms with Gasteiger partial charge in [0.2, 0.25) is 0 Å². The fourth-order valence-corrected chi connectivity index (χ4v) is 2.48. The Labute approximate surface area is 147 Å². The molecule has 0 radical (unpaired) electrons. The number of aliphatic carboxylic acids is 1. The van der Waals surface area contributed by atoms with Crippen molar-refractivity contribution in [1.29, 1.82) is 5.26 Å². The van der Waals surface area contributed by atoms with Gasteiger partial charge in [0, 0.05) is 5.56 Å². The van der Waals surface area contributed by atoms with Gasteiger partial charge in [0.05, 0.1) is 6.61 Å². The molecule has 0 fully saturated rings. The Morgan fingerprint density at radius 1 is 1.44 bits per heavy atom. The molecule has 1 heterocycles. The zero-order valence-corrected chi connectivity index (χ0v) is 14.3. The van der Waals surface area contributed by atoms with Crippen LogP contribution in [0.3, 0.4) is 0 Å². The highest BCUT2D eigenvalue weighted by Crippen LogP contribution is 2.38. The maximum Gasteiger partial charge on any atom is 0.341 e. The van der Waals surface area contributed by atoms with Gasteiger partial charge in [-0.15, -0.1) is 0 Å². The Morgan fingerprint density at radius 2 is 2.20 bits per heavy atom. The molecule has 0 saturated heterocycles. The number of carboxylic acid groups (broad SMARTS) is 1. The van der Waals surface area contributed by atoms with Crippen molar-refractivity contribution in [2.24, 2.45) is 0 Å². The minimum atomic E-state index is -1.17. The Morgan fingerprint density at radius 3 is 2.80 bits per heavy atom. The SMILES string of the molecule is CCOc1cccc(-c2nc(SC)[nH]c(=O)c2C#N)c1OCC(=O)O. The lowest BCUT2D eigenvalue weighted by Gasteiger charge is -2.15. The Bertz CT molecular complexity index is 888. The monoisotopic (exact) mass is 361 g/mol. The van der Waals surface area contributed by atoms with Gasteiger partial charge in [-0.25, -0.2) is 9.78 Å². The van der Waals surface area contributed by atoms with Gasteiger partial charge in [-0.1, -0.05) is 17.8 Å². The number of ether oxygens (including phenoxy) is 2. The molecule has 0 atom stereocenters. The molecule has 9 heteroatoms. The standard InChI is InChI=1S/C16H15N3O5S/c1-3-23-11-6-4-5-9(14(11)24-8-12(20)21)13-10(7-17)15(22)19-16(18-13)25-2/h4-6H,3,8H2,1-2H3,(H,20,21)(H,18,19,22). The number of hydrogen-bond acceptors (Lipinski definition) is 7. The van der Waals surface area contributed by atoms with Gasteiger partial charge in [0.15, 0.2) is 23.3 Å². The molecule has 0 spiro atoms. The van der Waals surface area contributed by atoms with Crippen molar-refractivity contribution in [1.82, 2.24) is 9.97 Å². The van der Waals surface area contributed by atoms with Crippen LogP contribution in [0.2, 0.25) is 0 Å². The molecule has 25 heavy (non-hydrogen) atoms. The molecule has 0 saturated carbocycles. The third-order valence-corrected chi connectivity index (χ3v) is 3.66. The van der Waals surface area contributed by atoms with Crippen LogP contribution in [0, 0.1) is 11.3 Å².